The molecule has 1 fully saturated rings. The number of benzene rings is 1. The Morgan fingerprint density at radius 3 is 2.76 bits per heavy atom. The van der Waals surface area contributed by atoms with E-state index in [1.54, 1.807) is 0 Å². The first-order chi connectivity index (χ1) is 7.97. The molecule has 1 heterocycles. The van der Waals surface area contributed by atoms with Gasteiger partial charge in [0.15, 0.2) is 9.84 Å². The summed E-state index contributed by atoms with van der Waals surface area (Å²) in [5, 5.41) is 6.22. The second-order valence-electron chi connectivity index (χ2n) is 4.25. The second-order valence-corrected chi connectivity index (χ2v) is 6.26. The molecular weight excluding hydrogens is 243 g/mol. The molecule has 4 nitrogen and oxygen atoms in total. The van der Waals surface area contributed by atoms with E-state index < -0.39 is 15.7 Å². The Morgan fingerprint density at radius 2 is 2.24 bits per heavy atom. The molecule has 2 rings (SSSR count). The van der Waals surface area contributed by atoms with Crippen molar-refractivity contribution in [2.24, 2.45) is 0 Å². The topological polar surface area (TPSA) is 58.2 Å². The minimum Gasteiger partial charge on any atom is -0.379 e. The third-order valence-corrected chi connectivity index (χ3v) is 3.90. The average molecular weight is 258 g/mol. The molecule has 0 bridgehead atoms. The molecule has 1 aliphatic rings. The Bertz CT molecular complexity index is 510. The van der Waals surface area contributed by atoms with Gasteiger partial charge in [-0.3, -0.25) is 0 Å². The summed E-state index contributed by atoms with van der Waals surface area (Å²) in [6.45, 7) is 1.72. The molecule has 1 saturated heterocycles. The van der Waals surface area contributed by atoms with E-state index >= 15 is 0 Å². The molecule has 0 amide bonds. The molecule has 0 spiro atoms. The minimum absolute atomic E-state index is 0.00472. The Kier molecular flexibility index (Phi) is 3.35. The number of hydrogen-bond acceptors (Lipinski definition) is 4. The average Bonchev–Trinajstić information content (AvgIpc) is 2.72. The van der Waals surface area contributed by atoms with Gasteiger partial charge in [0, 0.05) is 18.8 Å². The van der Waals surface area contributed by atoms with Gasteiger partial charge in [0.1, 0.15) is 5.82 Å². The highest BCUT2D eigenvalue weighted by Crippen LogP contribution is 2.20. The third-order valence-electron chi connectivity index (χ3n) is 2.79. The summed E-state index contributed by atoms with van der Waals surface area (Å²) >= 11 is 0. The van der Waals surface area contributed by atoms with E-state index in [9.17, 15) is 12.8 Å². The molecule has 1 aromatic carbocycles. The van der Waals surface area contributed by atoms with Crippen LogP contribution in [-0.2, 0) is 9.84 Å². The van der Waals surface area contributed by atoms with Crippen LogP contribution in [0.25, 0.3) is 0 Å². The molecule has 0 aromatic heterocycles. The Labute approximate surface area is 100 Å². The maximum Gasteiger partial charge on any atom is 0.175 e. The fourth-order valence-electron chi connectivity index (χ4n) is 1.84. The van der Waals surface area contributed by atoms with Crippen LogP contribution in [0.3, 0.4) is 0 Å². The summed E-state index contributed by atoms with van der Waals surface area (Å²) < 4.78 is 36.2. The van der Waals surface area contributed by atoms with Crippen molar-refractivity contribution in [1.29, 1.82) is 0 Å². The van der Waals surface area contributed by atoms with Gasteiger partial charge in [0.05, 0.1) is 10.6 Å². The molecule has 1 aliphatic heterocycles. The van der Waals surface area contributed by atoms with Crippen LogP contribution in [0.5, 0.6) is 0 Å². The molecule has 1 atom stereocenters. The van der Waals surface area contributed by atoms with E-state index in [0.717, 1.165) is 31.8 Å². The molecule has 17 heavy (non-hydrogen) atoms. The Hall–Kier alpha value is -1.14. The van der Waals surface area contributed by atoms with Crippen molar-refractivity contribution in [1.82, 2.24) is 5.32 Å². The van der Waals surface area contributed by atoms with Crippen molar-refractivity contribution in [2.45, 2.75) is 17.4 Å². The summed E-state index contributed by atoms with van der Waals surface area (Å²) in [6, 6.07) is 4.15. The molecule has 0 aliphatic carbocycles. The van der Waals surface area contributed by atoms with Crippen LogP contribution >= 0.6 is 0 Å². The molecule has 94 valence electrons. The molecule has 6 heteroatoms. The van der Waals surface area contributed by atoms with Crippen molar-refractivity contribution >= 4 is 15.5 Å². The summed E-state index contributed by atoms with van der Waals surface area (Å²) in [4.78, 5) is 0.00472. The second kappa shape index (κ2) is 4.62. The first-order valence-electron chi connectivity index (χ1n) is 5.44. The van der Waals surface area contributed by atoms with Gasteiger partial charge in [-0.1, -0.05) is 0 Å². The van der Waals surface area contributed by atoms with E-state index in [1.165, 1.54) is 12.1 Å². The summed E-state index contributed by atoms with van der Waals surface area (Å²) in [5.74, 6) is -0.528. The van der Waals surface area contributed by atoms with Crippen molar-refractivity contribution in [3.63, 3.8) is 0 Å². The molecule has 0 radical (unpaired) electrons. The lowest BCUT2D eigenvalue weighted by Crippen LogP contribution is -2.22. The summed E-state index contributed by atoms with van der Waals surface area (Å²) in [6.07, 6.45) is 2.00. The Morgan fingerprint density at radius 1 is 1.47 bits per heavy atom. The van der Waals surface area contributed by atoms with E-state index in [-0.39, 0.29) is 10.9 Å². The van der Waals surface area contributed by atoms with Gasteiger partial charge in [0.2, 0.25) is 0 Å². The van der Waals surface area contributed by atoms with Crippen molar-refractivity contribution in [3.8, 4) is 0 Å². The molecule has 2 N–H and O–H groups in total. The quantitative estimate of drug-likeness (QED) is 0.849. The lowest BCUT2D eigenvalue weighted by molar-refractivity contribution is 0.596. The first-order valence-corrected chi connectivity index (χ1v) is 7.33. The largest absolute Gasteiger partial charge is 0.379 e. The Balaban J connectivity index is 2.19. The zero-order valence-corrected chi connectivity index (χ0v) is 10.3. The number of nitrogens with one attached hydrogen (secondary N) is 2. The van der Waals surface area contributed by atoms with Crippen molar-refractivity contribution in [3.05, 3.63) is 24.0 Å². The van der Waals surface area contributed by atoms with Gasteiger partial charge >= 0.3 is 0 Å². The maximum atomic E-state index is 13.7. The fraction of sp³-hybridized carbons (Fsp3) is 0.455. The monoisotopic (exact) mass is 258 g/mol. The van der Waals surface area contributed by atoms with Crippen LogP contribution in [-0.4, -0.2) is 33.8 Å². The van der Waals surface area contributed by atoms with Gasteiger partial charge in [-0.2, -0.15) is 0 Å². The van der Waals surface area contributed by atoms with Crippen LogP contribution in [0.1, 0.15) is 6.42 Å². The minimum atomic E-state index is -3.35. The number of halogens is 1. The number of sulfone groups is 1. The third kappa shape index (κ3) is 2.95. The SMILES string of the molecule is CS(=O)(=O)c1ccc(NC2CCNC2)c(F)c1. The highest BCUT2D eigenvalue weighted by Gasteiger charge is 2.16. The summed E-state index contributed by atoms with van der Waals surface area (Å²) in [5.41, 5.74) is 0.353. The molecule has 1 unspecified atom stereocenters. The number of anilines is 1. The normalized spacial score (nSPS) is 20.5. The van der Waals surface area contributed by atoms with Crippen LogP contribution in [0.2, 0.25) is 0 Å². The van der Waals surface area contributed by atoms with Gasteiger partial charge in [-0.05, 0) is 31.2 Å². The summed E-state index contributed by atoms with van der Waals surface area (Å²) in [7, 11) is -3.35. The van der Waals surface area contributed by atoms with E-state index in [4.69, 9.17) is 0 Å². The highest BCUT2D eigenvalue weighted by atomic mass is 32.2. The van der Waals surface area contributed by atoms with E-state index in [1.807, 2.05) is 0 Å². The van der Waals surface area contributed by atoms with Gasteiger partial charge < -0.3 is 10.6 Å². The predicted octanol–water partition coefficient (Wildman–Crippen LogP) is 1.00. The van der Waals surface area contributed by atoms with Gasteiger partial charge in [0.25, 0.3) is 0 Å². The number of hydrogen-bond donors (Lipinski definition) is 2. The zero-order valence-electron chi connectivity index (χ0n) is 9.53. The van der Waals surface area contributed by atoms with Gasteiger partial charge in [-0.15, -0.1) is 0 Å². The standard InChI is InChI=1S/C11H15FN2O2S/c1-17(15,16)9-2-3-11(10(12)6-9)14-8-4-5-13-7-8/h2-3,6,8,13-14H,4-5,7H2,1H3. The molecule has 0 saturated carbocycles. The molecular formula is C11H15FN2O2S. The van der Waals surface area contributed by atoms with E-state index in [0.29, 0.717) is 5.69 Å². The van der Waals surface area contributed by atoms with Gasteiger partial charge in [-0.25, -0.2) is 12.8 Å². The van der Waals surface area contributed by atoms with Crippen molar-refractivity contribution < 1.29 is 12.8 Å². The molecule has 1 aromatic rings. The lowest BCUT2D eigenvalue weighted by atomic mass is 10.2. The maximum absolute atomic E-state index is 13.7. The lowest BCUT2D eigenvalue weighted by Gasteiger charge is -2.13. The van der Waals surface area contributed by atoms with Crippen LogP contribution in [0, 0.1) is 5.82 Å². The highest BCUT2D eigenvalue weighted by molar-refractivity contribution is 7.90. The first kappa shape index (κ1) is 12.3. The van der Waals surface area contributed by atoms with Crippen LogP contribution < -0.4 is 10.6 Å². The zero-order chi connectivity index (χ0) is 12.5. The number of rotatable bonds is 3. The van der Waals surface area contributed by atoms with Crippen LogP contribution in [0.4, 0.5) is 10.1 Å². The van der Waals surface area contributed by atoms with Crippen molar-refractivity contribution in [2.75, 3.05) is 24.7 Å². The fourth-order valence-corrected chi connectivity index (χ4v) is 2.47. The van der Waals surface area contributed by atoms with E-state index in [2.05, 4.69) is 10.6 Å². The smallest absolute Gasteiger partial charge is 0.175 e. The predicted molar refractivity (Wildman–Crippen MR) is 64.4 cm³/mol. The van der Waals surface area contributed by atoms with Crippen LogP contribution in [0.15, 0.2) is 23.1 Å².